The topological polar surface area (TPSA) is 61.4 Å². The van der Waals surface area contributed by atoms with E-state index in [0.717, 1.165) is 12.0 Å². The highest BCUT2D eigenvalue weighted by Gasteiger charge is 2.20. The Balaban J connectivity index is 2.67. The van der Waals surface area contributed by atoms with Crippen molar-refractivity contribution in [2.75, 3.05) is 6.61 Å². The molecule has 2 amide bonds. The lowest BCUT2D eigenvalue weighted by Crippen LogP contribution is -2.43. The van der Waals surface area contributed by atoms with E-state index in [9.17, 15) is 4.79 Å². The van der Waals surface area contributed by atoms with E-state index in [1.54, 1.807) is 0 Å². The first-order chi connectivity index (χ1) is 9.95. The number of urea groups is 1. The highest BCUT2D eigenvalue weighted by molar-refractivity contribution is 5.74. The maximum Gasteiger partial charge on any atom is 0.315 e. The summed E-state index contributed by atoms with van der Waals surface area (Å²) in [6, 6.07) is 8.04. The molecule has 4 heteroatoms. The van der Waals surface area contributed by atoms with Crippen LogP contribution < -0.4 is 10.6 Å². The molecular formula is C17H28N2O2. The summed E-state index contributed by atoms with van der Waals surface area (Å²) in [6.45, 7) is 8.38. The lowest BCUT2D eigenvalue weighted by atomic mass is 9.93. The highest BCUT2D eigenvalue weighted by atomic mass is 16.3. The molecule has 0 aliphatic rings. The number of amides is 2. The third-order valence-corrected chi connectivity index (χ3v) is 3.65. The number of hydrogen-bond acceptors (Lipinski definition) is 2. The van der Waals surface area contributed by atoms with E-state index in [2.05, 4.69) is 43.5 Å². The number of carbonyl (C=O) groups is 1. The van der Waals surface area contributed by atoms with Crippen molar-refractivity contribution in [3.8, 4) is 0 Å². The van der Waals surface area contributed by atoms with Crippen LogP contribution in [0.4, 0.5) is 4.79 Å². The first-order valence-electron chi connectivity index (χ1n) is 7.69. The Kier molecular flexibility index (Phi) is 7.23. The van der Waals surface area contributed by atoms with Crippen LogP contribution in [-0.2, 0) is 0 Å². The molecule has 0 aliphatic carbocycles. The third-order valence-electron chi connectivity index (χ3n) is 3.65. The summed E-state index contributed by atoms with van der Waals surface area (Å²) >= 11 is 0. The maximum absolute atomic E-state index is 12.1. The largest absolute Gasteiger partial charge is 0.396 e. The fourth-order valence-corrected chi connectivity index (χ4v) is 2.42. The Labute approximate surface area is 128 Å². The average Bonchev–Trinajstić information content (AvgIpc) is 2.43. The van der Waals surface area contributed by atoms with Crippen molar-refractivity contribution >= 4 is 6.03 Å². The van der Waals surface area contributed by atoms with Gasteiger partial charge in [-0.2, -0.15) is 0 Å². The van der Waals surface area contributed by atoms with Gasteiger partial charge in [-0.05, 0) is 43.7 Å². The van der Waals surface area contributed by atoms with Gasteiger partial charge in [0.15, 0.2) is 0 Å². The highest BCUT2D eigenvalue weighted by Crippen LogP contribution is 2.24. The van der Waals surface area contributed by atoms with Crippen molar-refractivity contribution in [1.82, 2.24) is 10.6 Å². The van der Waals surface area contributed by atoms with Crippen molar-refractivity contribution in [1.29, 1.82) is 0 Å². The van der Waals surface area contributed by atoms with Gasteiger partial charge in [0.05, 0.1) is 6.04 Å². The van der Waals surface area contributed by atoms with Gasteiger partial charge in [-0.15, -0.1) is 0 Å². The summed E-state index contributed by atoms with van der Waals surface area (Å²) in [5.41, 5.74) is 2.34. The molecule has 2 unspecified atom stereocenters. The molecule has 0 aromatic heterocycles. The predicted octanol–water partition coefficient (Wildman–Crippen LogP) is 3.15. The molecule has 0 aliphatic heterocycles. The van der Waals surface area contributed by atoms with E-state index >= 15 is 0 Å². The molecule has 3 N–H and O–H groups in total. The fourth-order valence-electron chi connectivity index (χ4n) is 2.42. The zero-order valence-electron chi connectivity index (χ0n) is 13.5. The van der Waals surface area contributed by atoms with Crippen molar-refractivity contribution in [3.05, 3.63) is 35.4 Å². The molecule has 0 radical (unpaired) electrons. The van der Waals surface area contributed by atoms with Crippen molar-refractivity contribution in [2.45, 2.75) is 52.6 Å². The molecule has 0 saturated carbocycles. The van der Waals surface area contributed by atoms with Crippen LogP contribution in [0.2, 0.25) is 0 Å². The maximum atomic E-state index is 12.1. The number of rotatable bonds is 7. The number of aliphatic hydroxyl groups is 1. The van der Waals surface area contributed by atoms with Crippen LogP contribution in [0.3, 0.4) is 0 Å². The Morgan fingerprint density at radius 3 is 2.43 bits per heavy atom. The summed E-state index contributed by atoms with van der Waals surface area (Å²) in [7, 11) is 0. The molecule has 0 saturated heterocycles. The molecule has 0 bridgehead atoms. The van der Waals surface area contributed by atoms with E-state index < -0.39 is 0 Å². The van der Waals surface area contributed by atoms with Crippen molar-refractivity contribution in [3.63, 3.8) is 0 Å². The molecule has 1 aromatic carbocycles. The number of nitrogens with one attached hydrogen (secondary N) is 2. The van der Waals surface area contributed by atoms with Crippen LogP contribution in [-0.4, -0.2) is 23.8 Å². The first-order valence-corrected chi connectivity index (χ1v) is 7.69. The minimum atomic E-state index is -0.151. The van der Waals surface area contributed by atoms with Crippen molar-refractivity contribution < 1.29 is 9.90 Å². The zero-order chi connectivity index (χ0) is 15.8. The second-order valence-electron chi connectivity index (χ2n) is 5.96. The van der Waals surface area contributed by atoms with E-state index in [4.69, 9.17) is 5.11 Å². The van der Waals surface area contributed by atoms with Crippen LogP contribution >= 0.6 is 0 Å². The molecule has 21 heavy (non-hydrogen) atoms. The fraction of sp³-hybridized carbons (Fsp3) is 0.588. The number of aliphatic hydroxyl groups excluding tert-OH is 1. The number of carbonyl (C=O) groups excluding carboxylic acids is 1. The summed E-state index contributed by atoms with van der Waals surface area (Å²) in [5.74, 6) is 0.310. The van der Waals surface area contributed by atoms with Gasteiger partial charge >= 0.3 is 6.03 Å². The lowest BCUT2D eigenvalue weighted by Gasteiger charge is -2.25. The second-order valence-corrected chi connectivity index (χ2v) is 5.96. The monoisotopic (exact) mass is 292 g/mol. The standard InChI is InChI=1S/C17H28N2O2/c1-12(2)16(15-10-6-5-8-13(15)3)19-17(21)18-14(4)9-7-11-20/h5-6,8,10,12,14,16,20H,7,9,11H2,1-4H3,(H2,18,19,21). The Morgan fingerprint density at radius 2 is 1.86 bits per heavy atom. The van der Waals surface area contributed by atoms with Crippen LogP contribution in [0.25, 0.3) is 0 Å². The minimum absolute atomic E-state index is 0.00348. The lowest BCUT2D eigenvalue weighted by molar-refractivity contribution is 0.227. The molecule has 4 nitrogen and oxygen atoms in total. The Bertz CT molecular complexity index is 446. The summed E-state index contributed by atoms with van der Waals surface area (Å²) in [6.07, 6.45) is 1.48. The zero-order valence-corrected chi connectivity index (χ0v) is 13.5. The van der Waals surface area contributed by atoms with E-state index in [0.29, 0.717) is 12.3 Å². The third kappa shape index (κ3) is 5.76. The SMILES string of the molecule is Cc1ccccc1C(NC(=O)NC(C)CCCO)C(C)C. The van der Waals surface area contributed by atoms with Crippen LogP contribution in [0.5, 0.6) is 0 Å². The van der Waals surface area contributed by atoms with Crippen molar-refractivity contribution in [2.24, 2.45) is 5.92 Å². The molecular weight excluding hydrogens is 264 g/mol. The smallest absolute Gasteiger partial charge is 0.315 e. The quantitative estimate of drug-likeness (QED) is 0.723. The second kappa shape index (κ2) is 8.67. The minimum Gasteiger partial charge on any atom is -0.396 e. The number of aryl methyl sites for hydroxylation is 1. The summed E-state index contributed by atoms with van der Waals surface area (Å²) in [5, 5.41) is 14.8. The van der Waals surface area contributed by atoms with Gasteiger partial charge in [0.2, 0.25) is 0 Å². The predicted molar refractivity (Wildman–Crippen MR) is 86.2 cm³/mol. The van der Waals surface area contributed by atoms with Crippen LogP contribution in [0, 0.1) is 12.8 Å². The van der Waals surface area contributed by atoms with Gasteiger partial charge in [-0.1, -0.05) is 38.1 Å². The van der Waals surface area contributed by atoms with Crippen LogP contribution in [0.15, 0.2) is 24.3 Å². The van der Waals surface area contributed by atoms with Gasteiger partial charge in [0.1, 0.15) is 0 Å². The molecule has 1 aromatic rings. The Hall–Kier alpha value is -1.55. The molecule has 0 spiro atoms. The van der Waals surface area contributed by atoms with Crippen LogP contribution in [0.1, 0.15) is 50.8 Å². The molecule has 2 atom stereocenters. The Morgan fingerprint density at radius 1 is 1.19 bits per heavy atom. The molecule has 1 rings (SSSR count). The summed E-state index contributed by atoms with van der Waals surface area (Å²) in [4.78, 5) is 12.1. The van der Waals surface area contributed by atoms with Gasteiger partial charge < -0.3 is 15.7 Å². The van der Waals surface area contributed by atoms with Gasteiger partial charge in [0, 0.05) is 12.6 Å². The van der Waals surface area contributed by atoms with Gasteiger partial charge in [-0.25, -0.2) is 4.79 Å². The number of benzene rings is 1. The van der Waals surface area contributed by atoms with E-state index in [-0.39, 0.29) is 24.7 Å². The normalized spacial score (nSPS) is 13.8. The van der Waals surface area contributed by atoms with Gasteiger partial charge in [0.25, 0.3) is 0 Å². The molecule has 118 valence electrons. The number of hydrogen-bond donors (Lipinski definition) is 3. The van der Waals surface area contributed by atoms with E-state index in [1.807, 2.05) is 19.1 Å². The summed E-state index contributed by atoms with van der Waals surface area (Å²) < 4.78 is 0. The average molecular weight is 292 g/mol. The van der Waals surface area contributed by atoms with E-state index in [1.165, 1.54) is 5.56 Å². The molecule has 0 heterocycles. The first kappa shape index (κ1) is 17.5. The molecule has 0 fully saturated rings. The van der Waals surface area contributed by atoms with Gasteiger partial charge in [-0.3, -0.25) is 0 Å².